The summed E-state index contributed by atoms with van der Waals surface area (Å²) in [4.78, 5) is 2.46. The summed E-state index contributed by atoms with van der Waals surface area (Å²) in [6, 6.07) is 85.1. The first kappa shape index (κ1) is 39.3. The summed E-state index contributed by atoms with van der Waals surface area (Å²) >= 11 is 0. The first-order chi connectivity index (χ1) is 35.7. The van der Waals surface area contributed by atoms with Crippen molar-refractivity contribution in [1.82, 2.24) is 4.57 Å². The van der Waals surface area contributed by atoms with E-state index in [1.807, 2.05) is 24.3 Å². The Kier molecular flexibility index (Phi) is 8.19. The van der Waals surface area contributed by atoms with E-state index in [1.165, 1.54) is 21.8 Å². The van der Waals surface area contributed by atoms with Gasteiger partial charge < -0.3 is 23.0 Å². The minimum absolute atomic E-state index is 0.125. The van der Waals surface area contributed by atoms with E-state index in [4.69, 9.17) is 13.6 Å². The van der Waals surface area contributed by atoms with Crippen molar-refractivity contribution < 1.29 is 13.6 Å². The summed E-state index contributed by atoms with van der Waals surface area (Å²) in [6.07, 6.45) is 0. The molecule has 5 heterocycles. The van der Waals surface area contributed by atoms with Crippen LogP contribution in [0.5, 0.6) is 11.5 Å². The Bertz CT molecular complexity index is 4510. The third kappa shape index (κ3) is 5.78. The summed E-state index contributed by atoms with van der Waals surface area (Å²) in [7, 11) is 0. The molecule has 3 aromatic heterocycles. The maximum atomic E-state index is 7.35. The molecule has 0 saturated heterocycles. The Morgan fingerprint density at radius 1 is 0.306 bits per heavy atom. The van der Waals surface area contributed by atoms with Crippen LogP contribution < -0.4 is 26.0 Å². The summed E-state index contributed by atoms with van der Waals surface area (Å²) in [5, 5.41) is 6.88. The van der Waals surface area contributed by atoms with Crippen LogP contribution in [-0.4, -0.2) is 11.3 Å². The predicted octanol–water partition coefficient (Wildman–Crippen LogP) is 16.0. The minimum Gasteiger partial charge on any atom is -0.458 e. The molecule has 2 aliphatic rings. The van der Waals surface area contributed by atoms with Crippen LogP contribution >= 0.6 is 0 Å². The monoisotopic (exact) mass is 918 g/mol. The summed E-state index contributed by atoms with van der Waals surface area (Å²) in [5.74, 6) is 1.67. The van der Waals surface area contributed by atoms with Crippen molar-refractivity contribution in [3.63, 3.8) is 0 Å². The fourth-order valence-corrected chi connectivity index (χ4v) is 11.9. The maximum Gasteiger partial charge on any atom is 0.256 e. The van der Waals surface area contributed by atoms with E-state index in [0.29, 0.717) is 0 Å². The SMILES string of the molecule is c1ccc(-c2ccc(N3c4cc(-c5ccc6c(c5)oc5ccccc56)ccc4B4c5ccc(-c6ccc7c(c6)oc6ccccc67)cc5Oc5cc(-n6c7ccccc7c7ccccc76)cc3c54)cc2)cc1. The number of rotatable bonds is 5. The van der Waals surface area contributed by atoms with Gasteiger partial charge in [-0.25, -0.2) is 0 Å². The van der Waals surface area contributed by atoms with Crippen molar-refractivity contribution >= 4 is 106 Å². The molecule has 14 aromatic rings. The van der Waals surface area contributed by atoms with Crippen molar-refractivity contribution in [3.8, 4) is 50.6 Å². The van der Waals surface area contributed by atoms with E-state index in [-0.39, 0.29) is 6.71 Å². The van der Waals surface area contributed by atoms with Gasteiger partial charge in [-0.05, 0) is 129 Å². The van der Waals surface area contributed by atoms with Gasteiger partial charge in [0.25, 0.3) is 6.71 Å². The zero-order valence-corrected chi connectivity index (χ0v) is 38.7. The number of aromatic nitrogens is 1. The van der Waals surface area contributed by atoms with Crippen molar-refractivity contribution in [3.05, 3.63) is 237 Å². The predicted molar refractivity (Wildman–Crippen MR) is 298 cm³/mol. The molecule has 0 spiro atoms. The number of fused-ring (bicyclic) bond motifs is 13. The van der Waals surface area contributed by atoms with Gasteiger partial charge in [0.1, 0.15) is 33.8 Å². The van der Waals surface area contributed by atoms with Crippen LogP contribution in [0.3, 0.4) is 0 Å². The second kappa shape index (κ2) is 15.0. The lowest BCUT2D eigenvalue weighted by atomic mass is 9.34. The van der Waals surface area contributed by atoms with E-state index in [1.54, 1.807) is 0 Å². The van der Waals surface area contributed by atoms with Gasteiger partial charge in [0, 0.05) is 55.4 Å². The standard InChI is InChI=1S/C66H39BN2O3/c1-2-12-40(13-3-1)41-22-28-46(29-23-41)68-58-34-42(43-24-30-52-50-16-6-10-20-60(50)70-62(52)35-43)26-32-54(58)67-55-33-27-45(44-25-31-53-51-17-7-11-21-61(51)71-63(53)36-44)37-64(55)72-65-39-47(38-59(68)66(65)67)69-56-18-8-4-14-48(56)49-15-5-9-19-57(49)69/h1-39H. The van der Waals surface area contributed by atoms with Gasteiger partial charge in [0.15, 0.2) is 0 Å². The lowest BCUT2D eigenvalue weighted by Crippen LogP contribution is -2.59. The van der Waals surface area contributed by atoms with Crippen molar-refractivity contribution in [2.24, 2.45) is 0 Å². The van der Waals surface area contributed by atoms with Crippen molar-refractivity contribution in [1.29, 1.82) is 0 Å². The Morgan fingerprint density at radius 3 is 1.46 bits per heavy atom. The van der Waals surface area contributed by atoms with Crippen LogP contribution in [0.1, 0.15) is 0 Å². The van der Waals surface area contributed by atoms with E-state index in [2.05, 4.69) is 222 Å². The van der Waals surface area contributed by atoms with Crippen LogP contribution in [0, 0.1) is 0 Å². The summed E-state index contributed by atoms with van der Waals surface area (Å²) in [6.45, 7) is -0.125. The molecule has 0 bridgehead atoms. The maximum absolute atomic E-state index is 7.35. The molecular formula is C66H39BN2O3. The number of hydrogen-bond acceptors (Lipinski definition) is 4. The lowest BCUT2D eigenvalue weighted by molar-refractivity contribution is 0.487. The highest BCUT2D eigenvalue weighted by atomic mass is 16.5. The smallest absolute Gasteiger partial charge is 0.256 e. The van der Waals surface area contributed by atoms with E-state index < -0.39 is 0 Å². The molecule has 0 radical (unpaired) electrons. The van der Waals surface area contributed by atoms with Gasteiger partial charge in [0.2, 0.25) is 0 Å². The molecule has 72 heavy (non-hydrogen) atoms. The molecular weight excluding hydrogens is 880 g/mol. The number of anilines is 3. The van der Waals surface area contributed by atoms with Gasteiger partial charge in [0.05, 0.1) is 16.7 Å². The van der Waals surface area contributed by atoms with Crippen LogP contribution in [-0.2, 0) is 0 Å². The molecule has 0 saturated carbocycles. The highest BCUT2D eigenvalue weighted by molar-refractivity contribution is 6.99. The first-order valence-electron chi connectivity index (χ1n) is 24.6. The molecule has 6 heteroatoms. The average Bonchev–Trinajstić information content (AvgIpc) is 4.12. The largest absolute Gasteiger partial charge is 0.458 e. The fourth-order valence-electron chi connectivity index (χ4n) is 11.9. The molecule has 0 N–H and O–H groups in total. The number of furan rings is 2. The zero-order valence-electron chi connectivity index (χ0n) is 38.7. The molecule has 0 aliphatic carbocycles. The molecule has 16 rings (SSSR count). The van der Waals surface area contributed by atoms with Gasteiger partial charge >= 0.3 is 0 Å². The summed E-state index contributed by atoms with van der Waals surface area (Å²) in [5.41, 5.74) is 20.2. The van der Waals surface area contributed by atoms with E-state index >= 15 is 0 Å². The Labute approximate surface area is 414 Å². The molecule has 334 valence electrons. The highest BCUT2D eigenvalue weighted by Gasteiger charge is 2.43. The Morgan fingerprint density at radius 2 is 0.806 bits per heavy atom. The van der Waals surface area contributed by atoms with E-state index in [0.717, 1.165) is 128 Å². The van der Waals surface area contributed by atoms with Crippen LogP contribution in [0.25, 0.3) is 105 Å². The molecule has 0 amide bonds. The Balaban J connectivity index is 0.939. The van der Waals surface area contributed by atoms with Crippen LogP contribution in [0.4, 0.5) is 17.1 Å². The van der Waals surface area contributed by atoms with Gasteiger partial charge in [-0.15, -0.1) is 0 Å². The minimum atomic E-state index is -0.125. The number of nitrogens with zero attached hydrogens (tertiary/aromatic N) is 2. The second-order valence-electron chi connectivity index (χ2n) is 19.2. The van der Waals surface area contributed by atoms with Crippen LogP contribution in [0.15, 0.2) is 245 Å². The molecule has 11 aromatic carbocycles. The van der Waals surface area contributed by atoms with Crippen molar-refractivity contribution in [2.75, 3.05) is 4.90 Å². The Hall–Kier alpha value is -9.52. The molecule has 0 unspecified atom stereocenters. The third-order valence-corrected chi connectivity index (χ3v) is 15.3. The number of benzene rings is 11. The van der Waals surface area contributed by atoms with Crippen molar-refractivity contribution in [2.45, 2.75) is 0 Å². The van der Waals surface area contributed by atoms with E-state index in [9.17, 15) is 0 Å². The zero-order chi connectivity index (χ0) is 47.0. The van der Waals surface area contributed by atoms with Crippen LogP contribution in [0.2, 0.25) is 0 Å². The first-order valence-corrected chi connectivity index (χ1v) is 24.6. The quantitative estimate of drug-likeness (QED) is 0.161. The van der Waals surface area contributed by atoms with Gasteiger partial charge in [-0.1, -0.05) is 152 Å². The molecule has 0 fully saturated rings. The van der Waals surface area contributed by atoms with Gasteiger partial charge in [-0.3, -0.25) is 0 Å². The number of para-hydroxylation sites is 4. The molecule has 5 nitrogen and oxygen atoms in total. The molecule has 2 aliphatic heterocycles. The number of hydrogen-bond donors (Lipinski definition) is 0. The number of ether oxygens (including phenoxy) is 1. The normalized spacial score (nSPS) is 12.8. The highest BCUT2D eigenvalue weighted by Crippen LogP contribution is 2.46. The second-order valence-corrected chi connectivity index (χ2v) is 19.2. The average molecular weight is 919 g/mol. The third-order valence-electron chi connectivity index (χ3n) is 15.3. The molecule has 0 atom stereocenters. The lowest BCUT2D eigenvalue weighted by Gasteiger charge is -2.40. The fraction of sp³-hybridized carbons (Fsp3) is 0. The topological polar surface area (TPSA) is 43.7 Å². The summed E-state index contributed by atoms with van der Waals surface area (Å²) < 4.78 is 22.6. The van der Waals surface area contributed by atoms with Gasteiger partial charge in [-0.2, -0.15) is 0 Å².